The van der Waals surface area contributed by atoms with E-state index in [0.717, 1.165) is 5.56 Å². The minimum atomic E-state index is -0.0363. The molecule has 1 rings (SSSR count). The summed E-state index contributed by atoms with van der Waals surface area (Å²) in [6.45, 7) is 2.15. The summed E-state index contributed by atoms with van der Waals surface area (Å²) < 4.78 is 10.5. The minimum absolute atomic E-state index is 0.0157. The average Bonchev–Trinajstić information content (AvgIpc) is 2.25. The number of aliphatic hydroxyl groups is 1. The number of hydrogen-bond acceptors (Lipinski definition) is 4. The van der Waals surface area contributed by atoms with Crippen LogP contribution >= 0.6 is 0 Å². The lowest BCUT2D eigenvalue weighted by Gasteiger charge is -2.12. The quantitative estimate of drug-likeness (QED) is 0.765. The number of rotatable bonds is 5. The van der Waals surface area contributed by atoms with Gasteiger partial charge >= 0.3 is 0 Å². The van der Waals surface area contributed by atoms with Crippen molar-refractivity contribution in [2.24, 2.45) is 5.73 Å². The van der Waals surface area contributed by atoms with Gasteiger partial charge in [-0.1, -0.05) is 6.07 Å². The zero-order valence-corrected chi connectivity index (χ0v) is 9.06. The third-order valence-corrected chi connectivity index (χ3v) is 2.06. The molecular weight excluding hydrogens is 194 g/mol. The van der Waals surface area contributed by atoms with Crippen molar-refractivity contribution in [3.05, 3.63) is 23.8 Å². The number of aliphatic hydroxyl groups excluding tert-OH is 1. The van der Waals surface area contributed by atoms with E-state index in [0.29, 0.717) is 11.5 Å². The predicted molar refractivity (Wildman–Crippen MR) is 58.2 cm³/mol. The van der Waals surface area contributed by atoms with Gasteiger partial charge in [-0.05, 0) is 24.6 Å². The molecule has 1 unspecified atom stereocenters. The molecule has 0 heterocycles. The van der Waals surface area contributed by atoms with Gasteiger partial charge in [-0.15, -0.1) is 0 Å². The first-order valence-corrected chi connectivity index (χ1v) is 4.86. The molecule has 4 heteroatoms. The van der Waals surface area contributed by atoms with E-state index in [1.165, 1.54) is 0 Å². The SMILES string of the molecule is COc1cc(C(C)N)ccc1OCCO. The molecule has 0 amide bonds. The molecule has 4 nitrogen and oxygen atoms in total. The van der Waals surface area contributed by atoms with Gasteiger partial charge in [0.25, 0.3) is 0 Å². The van der Waals surface area contributed by atoms with E-state index in [2.05, 4.69) is 0 Å². The number of methoxy groups -OCH3 is 1. The Morgan fingerprint density at radius 3 is 2.67 bits per heavy atom. The van der Waals surface area contributed by atoms with E-state index in [-0.39, 0.29) is 19.3 Å². The Balaban J connectivity index is 2.88. The van der Waals surface area contributed by atoms with Crippen LogP contribution in [0.2, 0.25) is 0 Å². The van der Waals surface area contributed by atoms with Gasteiger partial charge in [-0.2, -0.15) is 0 Å². The molecule has 0 saturated heterocycles. The smallest absolute Gasteiger partial charge is 0.161 e. The van der Waals surface area contributed by atoms with Crippen LogP contribution in [0.4, 0.5) is 0 Å². The van der Waals surface area contributed by atoms with Crippen molar-refractivity contribution >= 4 is 0 Å². The van der Waals surface area contributed by atoms with Crippen LogP contribution in [0.1, 0.15) is 18.5 Å². The van der Waals surface area contributed by atoms with E-state index in [1.54, 1.807) is 13.2 Å². The highest BCUT2D eigenvalue weighted by atomic mass is 16.5. The van der Waals surface area contributed by atoms with Crippen molar-refractivity contribution in [1.29, 1.82) is 0 Å². The molecule has 3 N–H and O–H groups in total. The first-order chi connectivity index (χ1) is 7.19. The molecule has 0 saturated carbocycles. The number of benzene rings is 1. The van der Waals surface area contributed by atoms with Crippen molar-refractivity contribution in [3.8, 4) is 11.5 Å². The van der Waals surface area contributed by atoms with Crippen LogP contribution in [0, 0.1) is 0 Å². The topological polar surface area (TPSA) is 64.7 Å². The van der Waals surface area contributed by atoms with E-state index in [4.69, 9.17) is 20.3 Å². The third-order valence-electron chi connectivity index (χ3n) is 2.06. The standard InChI is InChI=1S/C11H17NO3/c1-8(12)9-3-4-10(15-6-5-13)11(7-9)14-2/h3-4,7-8,13H,5-6,12H2,1-2H3. The molecule has 0 fully saturated rings. The van der Waals surface area contributed by atoms with Crippen molar-refractivity contribution in [3.63, 3.8) is 0 Å². The predicted octanol–water partition coefficient (Wildman–Crippen LogP) is 1.09. The molecule has 1 aromatic carbocycles. The maximum atomic E-state index is 8.65. The molecule has 0 aliphatic rings. The lowest BCUT2D eigenvalue weighted by molar-refractivity contribution is 0.196. The van der Waals surface area contributed by atoms with Crippen molar-refractivity contribution in [2.45, 2.75) is 13.0 Å². The highest BCUT2D eigenvalue weighted by Gasteiger charge is 2.07. The molecule has 0 aromatic heterocycles. The Kier molecular flexibility index (Phi) is 4.39. The Morgan fingerprint density at radius 1 is 1.40 bits per heavy atom. The second-order valence-electron chi connectivity index (χ2n) is 3.27. The fraction of sp³-hybridized carbons (Fsp3) is 0.455. The number of hydrogen-bond donors (Lipinski definition) is 2. The van der Waals surface area contributed by atoms with Crippen LogP contribution < -0.4 is 15.2 Å². The lowest BCUT2D eigenvalue weighted by atomic mass is 10.1. The van der Waals surface area contributed by atoms with Crippen molar-refractivity contribution in [1.82, 2.24) is 0 Å². The molecule has 0 radical (unpaired) electrons. The highest BCUT2D eigenvalue weighted by Crippen LogP contribution is 2.29. The Hall–Kier alpha value is -1.26. The average molecular weight is 211 g/mol. The zero-order valence-electron chi connectivity index (χ0n) is 9.06. The van der Waals surface area contributed by atoms with Gasteiger partial charge in [0, 0.05) is 6.04 Å². The lowest BCUT2D eigenvalue weighted by Crippen LogP contribution is -2.07. The Labute approximate surface area is 89.6 Å². The summed E-state index contributed by atoms with van der Waals surface area (Å²) in [5.74, 6) is 1.26. The molecule has 1 aromatic rings. The van der Waals surface area contributed by atoms with Crippen LogP contribution in [0.25, 0.3) is 0 Å². The van der Waals surface area contributed by atoms with Crippen LogP contribution in [0.5, 0.6) is 11.5 Å². The van der Waals surface area contributed by atoms with E-state index in [9.17, 15) is 0 Å². The van der Waals surface area contributed by atoms with Crippen molar-refractivity contribution < 1.29 is 14.6 Å². The molecule has 15 heavy (non-hydrogen) atoms. The maximum Gasteiger partial charge on any atom is 0.161 e. The minimum Gasteiger partial charge on any atom is -0.493 e. The second kappa shape index (κ2) is 5.58. The summed E-state index contributed by atoms with van der Waals surface area (Å²) in [4.78, 5) is 0. The molecular formula is C11H17NO3. The molecule has 0 spiro atoms. The van der Waals surface area contributed by atoms with Gasteiger partial charge in [0.05, 0.1) is 13.7 Å². The van der Waals surface area contributed by atoms with Crippen molar-refractivity contribution in [2.75, 3.05) is 20.3 Å². The summed E-state index contributed by atoms with van der Waals surface area (Å²) in [5, 5.41) is 8.65. The molecule has 1 atom stereocenters. The van der Waals surface area contributed by atoms with Gasteiger partial charge in [0.15, 0.2) is 11.5 Å². The maximum absolute atomic E-state index is 8.65. The van der Waals surface area contributed by atoms with Gasteiger partial charge < -0.3 is 20.3 Å². The Bertz CT molecular complexity index is 313. The van der Waals surface area contributed by atoms with E-state index >= 15 is 0 Å². The van der Waals surface area contributed by atoms with Crippen LogP contribution in [-0.4, -0.2) is 25.4 Å². The summed E-state index contributed by atoms with van der Waals surface area (Å²) in [6, 6.07) is 5.50. The molecule has 84 valence electrons. The largest absolute Gasteiger partial charge is 0.493 e. The Morgan fingerprint density at radius 2 is 2.13 bits per heavy atom. The summed E-state index contributed by atoms with van der Waals surface area (Å²) in [6.07, 6.45) is 0. The van der Waals surface area contributed by atoms with Crippen LogP contribution in [0.3, 0.4) is 0 Å². The monoisotopic (exact) mass is 211 g/mol. The van der Waals surface area contributed by atoms with Gasteiger partial charge in [0.1, 0.15) is 6.61 Å². The van der Waals surface area contributed by atoms with Gasteiger partial charge in [-0.25, -0.2) is 0 Å². The van der Waals surface area contributed by atoms with Crippen LogP contribution in [-0.2, 0) is 0 Å². The van der Waals surface area contributed by atoms with E-state index < -0.39 is 0 Å². The molecule has 0 aliphatic carbocycles. The fourth-order valence-electron chi connectivity index (χ4n) is 1.24. The normalized spacial score (nSPS) is 12.3. The van der Waals surface area contributed by atoms with Gasteiger partial charge in [0.2, 0.25) is 0 Å². The third kappa shape index (κ3) is 3.11. The summed E-state index contributed by atoms with van der Waals surface area (Å²) in [5.41, 5.74) is 6.74. The second-order valence-corrected chi connectivity index (χ2v) is 3.27. The molecule has 0 bridgehead atoms. The zero-order chi connectivity index (χ0) is 11.3. The number of nitrogens with two attached hydrogens (primary N) is 1. The fourth-order valence-corrected chi connectivity index (χ4v) is 1.24. The van der Waals surface area contributed by atoms with Crippen LogP contribution in [0.15, 0.2) is 18.2 Å². The number of ether oxygens (including phenoxy) is 2. The first kappa shape index (κ1) is 11.8. The van der Waals surface area contributed by atoms with E-state index in [1.807, 2.05) is 19.1 Å². The summed E-state index contributed by atoms with van der Waals surface area (Å²) in [7, 11) is 1.58. The molecule has 0 aliphatic heterocycles. The highest BCUT2D eigenvalue weighted by molar-refractivity contribution is 5.43. The van der Waals surface area contributed by atoms with Gasteiger partial charge in [-0.3, -0.25) is 0 Å². The summed E-state index contributed by atoms with van der Waals surface area (Å²) >= 11 is 0. The first-order valence-electron chi connectivity index (χ1n) is 4.86.